The normalized spacial score (nSPS) is 10.3. The van der Waals surface area contributed by atoms with Gasteiger partial charge in [0.2, 0.25) is 0 Å². The molecule has 5 heteroatoms. The minimum atomic E-state index is 0.0582. The summed E-state index contributed by atoms with van der Waals surface area (Å²) in [5.41, 5.74) is 8.53. The van der Waals surface area contributed by atoms with Crippen molar-refractivity contribution in [1.82, 2.24) is 10.2 Å². The fourth-order valence-corrected chi connectivity index (χ4v) is 1.27. The summed E-state index contributed by atoms with van der Waals surface area (Å²) in [4.78, 5) is 0. The number of nitrogen functional groups attached to an aromatic ring is 1. The molecule has 0 fully saturated rings. The van der Waals surface area contributed by atoms with Crippen LogP contribution in [0.5, 0.6) is 0 Å². The Bertz CT molecular complexity index is 478. The Kier molecular flexibility index (Phi) is 2.29. The van der Waals surface area contributed by atoms with Crippen molar-refractivity contribution in [2.45, 2.75) is 13.8 Å². The average molecular weight is 204 g/mol. The highest BCUT2D eigenvalue weighted by molar-refractivity contribution is 5.58. The van der Waals surface area contributed by atoms with Crippen molar-refractivity contribution in [1.29, 1.82) is 0 Å². The number of hydrogen-bond donors (Lipinski definition) is 2. The third-order valence-electron chi connectivity index (χ3n) is 2.08. The van der Waals surface area contributed by atoms with Gasteiger partial charge >= 0.3 is 12.0 Å². The molecular weight excluding hydrogens is 192 g/mol. The Labute approximate surface area is 87.3 Å². The maximum absolute atomic E-state index is 5.32. The van der Waals surface area contributed by atoms with E-state index in [9.17, 15) is 0 Å². The summed E-state index contributed by atoms with van der Waals surface area (Å²) in [6.45, 7) is 4.02. The first-order valence-corrected chi connectivity index (χ1v) is 4.58. The summed E-state index contributed by atoms with van der Waals surface area (Å²) < 4.78 is 5.03. The van der Waals surface area contributed by atoms with Crippen LogP contribution in [0.1, 0.15) is 11.1 Å². The summed E-state index contributed by atoms with van der Waals surface area (Å²) in [6, 6.07) is 6.44. The molecule has 1 heterocycles. The van der Waals surface area contributed by atoms with Gasteiger partial charge in [-0.05, 0) is 31.0 Å². The molecule has 78 valence electrons. The number of nitrogens with one attached hydrogen (secondary N) is 1. The van der Waals surface area contributed by atoms with Gasteiger partial charge in [-0.25, -0.2) is 0 Å². The number of benzene rings is 1. The molecule has 0 atom stereocenters. The van der Waals surface area contributed by atoms with E-state index in [4.69, 9.17) is 10.2 Å². The monoisotopic (exact) mass is 204 g/mol. The zero-order valence-corrected chi connectivity index (χ0v) is 8.61. The second kappa shape index (κ2) is 3.61. The van der Waals surface area contributed by atoms with Crippen molar-refractivity contribution in [2.24, 2.45) is 0 Å². The van der Waals surface area contributed by atoms with Gasteiger partial charge in [-0.2, -0.15) is 0 Å². The van der Waals surface area contributed by atoms with Gasteiger partial charge in [-0.3, -0.25) is 0 Å². The number of rotatable bonds is 2. The lowest BCUT2D eigenvalue weighted by atomic mass is 10.1. The van der Waals surface area contributed by atoms with Gasteiger partial charge in [-0.1, -0.05) is 22.3 Å². The predicted octanol–water partition coefficient (Wildman–Crippen LogP) is 2.01. The van der Waals surface area contributed by atoms with Gasteiger partial charge in [0.05, 0.1) is 0 Å². The van der Waals surface area contributed by atoms with Crippen molar-refractivity contribution >= 4 is 17.7 Å². The molecule has 0 saturated heterocycles. The van der Waals surface area contributed by atoms with Gasteiger partial charge in [-0.15, -0.1) is 0 Å². The van der Waals surface area contributed by atoms with E-state index in [2.05, 4.69) is 15.5 Å². The number of aryl methyl sites for hydroxylation is 2. The van der Waals surface area contributed by atoms with E-state index in [0.29, 0.717) is 6.01 Å². The van der Waals surface area contributed by atoms with E-state index < -0.39 is 0 Å². The molecule has 0 radical (unpaired) electrons. The Morgan fingerprint density at radius 3 is 2.73 bits per heavy atom. The molecular formula is C10H12N4O. The third kappa shape index (κ3) is 2.07. The number of aromatic nitrogens is 2. The summed E-state index contributed by atoms with van der Waals surface area (Å²) >= 11 is 0. The van der Waals surface area contributed by atoms with Crippen LogP contribution in [0.15, 0.2) is 22.6 Å². The van der Waals surface area contributed by atoms with Crippen molar-refractivity contribution in [3.8, 4) is 0 Å². The van der Waals surface area contributed by atoms with Crippen LogP contribution in [0.25, 0.3) is 0 Å². The van der Waals surface area contributed by atoms with Crippen LogP contribution in [-0.4, -0.2) is 10.2 Å². The van der Waals surface area contributed by atoms with E-state index >= 15 is 0 Å². The molecule has 15 heavy (non-hydrogen) atoms. The predicted molar refractivity (Wildman–Crippen MR) is 57.9 cm³/mol. The van der Waals surface area contributed by atoms with Gasteiger partial charge in [0.25, 0.3) is 0 Å². The van der Waals surface area contributed by atoms with E-state index in [1.165, 1.54) is 0 Å². The third-order valence-corrected chi connectivity index (χ3v) is 2.08. The Balaban J connectivity index is 2.27. The smallest absolute Gasteiger partial charge is 0.321 e. The maximum atomic E-state index is 5.32. The van der Waals surface area contributed by atoms with Crippen LogP contribution in [-0.2, 0) is 0 Å². The van der Waals surface area contributed by atoms with Crippen molar-refractivity contribution in [2.75, 3.05) is 11.1 Å². The second-order valence-corrected chi connectivity index (χ2v) is 3.39. The lowest BCUT2D eigenvalue weighted by Crippen LogP contribution is -1.93. The van der Waals surface area contributed by atoms with Crippen LogP contribution >= 0.6 is 0 Å². The molecule has 0 bridgehead atoms. The average Bonchev–Trinajstić information content (AvgIpc) is 2.58. The number of nitrogens with zero attached hydrogens (tertiary/aromatic N) is 2. The molecule has 0 unspecified atom stereocenters. The van der Waals surface area contributed by atoms with Crippen LogP contribution in [0, 0.1) is 13.8 Å². The van der Waals surface area contributed by atoms with Gasteiger partial charge in [0.15, 0.2) is 0 Å². The molecule has 5 nitrogen and oxygen atoms in total. The minimum absolute atomic E-state index is 0.0582. The van der Waals surface area contributed by atoms with E-state index in [1.807, 2.05) is 32.0 Å². The molecule has 0 spiro atoms. The molecule has 0 aliphatic carbocycles. The van der Waals surface area contributed by atoms with E-state index in [1.54, 1.807) is 0 Å². The molecule has 1 aromatic carbocycles. The highest BCUT2D eigenvalue weighted by Gasteiger charge is 2.04. The summed E-state index contributed by atoms with van der Waals surface area (Å²) in [7, 11) is 0. The van der Waals surface area contributed by atoms with Crippen LogP contribution in [0.3, 0.4) is 0 Å². The summed E-state index contributed by atoms with van der Waals surface area (Å²) in [5.74, 6) is 0. The highest BCUT2D eigenvalue weighted by Crippen LogP contribution is 2.21. The second-order valence-electron chi connectivity index (χ2n) is 3.39. The maximum Gasteiger partial charge on any atom is 0.321 e. The largest absolute Gasteiger partial charge is 0.389 e. The van der Waals surface area contributed by atoms with Crippen LogP contribution < -0.4 is 11.1 Å². The highest BCUT2D eigenvalue weighted by atomic mass is 16.4. The zero-order chi connectivity index (χ0) is 10.8. The van der Waals surface area contributed by atoms with E-state index in [-0.39, 0.29) is 6.01 Å². The summed E-state index contributed by atoms with van der Waals surface area (Å²) in [6.07, 6.45) is 0. The fourth-order valence-electron chi connectivity index (χ4n) is 1.27. The van der Waals surface area contributed by atoms with Crippen molar-refractivity contribution < 1.29 is 4.42 Å². The first-order valence-electron chi connectivity index (χ1n) is 4.58. The SMILES string of the molecule is Cc1ccc(C)c(Nc2nnc(N)o2)c1. The van der Waals surface area contributed by atoms with Gasteiger partial charge in [0.1, 0.15) is 0 Å². The van der Waals surface area contributed by atoms with Crippen LogP contribution in [0.2, 0.25) is 0 Å². The molecule has 0 saturated carbocycles. The lowest BCUT2D eigenvalue weighted by molar-refractivity contribution is 0.593. The van der Waals surface area contributed by atoms with Crippen molar-refractivity contribution in [3.63, 3.8) is 0 Å². The number of nitrogens with two attached hydrogens (primary N) is 1. The number of hydrogen-bond acceptors (Lipinski definition) is 5. The summed E-state index contributed by atoms with van der Waals surface area (Å²) in [5, 5.41) is 10.3. The first-order chi connectivity index (χ1) is 7.15. The quantitative estimate of drug-likeness (QED) is 0.782. The molecule has 0 aliphatic heterocycles. The molecule has 2 rings (SSSR count). The Morgan fingerprint density at radius 1 is 1.27 bits per heavy atom. The fraction of sp³-hybridized carbons (Fsp3) is 0.200. The van der Waals surface area contributed by atoms with Gasteiger partial charge < -0.3 is 15.5 Å². The molecule has 1 aromatic heterocycles. The first kappa shape index (κ1) is 9.51. The number of anilines is 3. The van der Waals surface area contributed by atoms with Gasteiger partial charge in [0, 0.05) is 5.69 Å². The molecule has 0 amide bonds. The topological polar surface area (TPSA) is 77.0 Å². The minimum Gasteiger partial charge on any atom is -0.389 e. The van der Waals surface area contributed by atoms with Crippen molar-refractivity contribution in [3.05, 3.63) is 29.3 Å². The Hall–Kier alpha value is -2.04. The van der Waals surface area contributed by atoms with Crippen LogP contribution in [0.4, 0.5) is 17.7 Å². The van der Waals surface area contributed by atoms with E-state index in [0.717, 1.165) is 16.8 Å². The molecule has 2 aromatic rings. The lowest BCUT2D eigenvalue weighted by Gasteiger charge is -2.06. The standard InChI is InChI=1S/C10H12N4O/c1-6-3-4-7(2)8(5-6)12-10-14-13-9(11)15-10/h3-5H,1-2H3,(H2,11,13)(H,12,14). The molecule has 0 aliphatic rings. The zero-order valence-electron chi connectivity index (χ0n) is 8.61. The Morgan fingerprint density at radius 2 is 2.07 bits per heavy atom. The molecule has 3 N–H and O–H groups in total.